The summed E-state index contributed by atoms with van der Waals surface area (Å²) in [5.74, 6) is -2.39. The molecule has 1 amide bonds. The van der Waals surface area contributed by atoms with Crippen molar-refractivity contribution >= 4 is 24.1 Å². The lowest BCUT2D eigenvalue weighted by Crippen LogP contribution is -2.43. The third-order valence-corrected chi connectivity index (χ3v) is 2.52. The molecule has 3 atom stereocenters. The van der Waals surface area contributed by atoms with Crippen LogP contribution in [0, 0.1) is 0 Å². The molecule has 0 aliphatic rings. The van der Waals surface area contributed by atoms with E-state index in [-0.39, 0.29) is 12.8 Å². The van der Waals surface area contributed by atoms with Gasteiger partial charge in [0.05, 0.1) is 0 Å². The van der Waals surface area contributed by atoms with E-state index in [0.29, 0.717) is 12.7 Å². The number of aliphatic carboxylic acids is 1. The fourth-order valence-corrected chi connectivity index (χ4v) is 1.30. The first-order valence-electron chi connectivity index (χ1n) is 6.25. The lowest BCUT2D eigenvalue weighted by atomic mass is 10.1. The number of hydrogen-bond donors (Lipinski definition) is 3. The Balaban J connectivity index is 4.28. The van der Waals surface area contributed by atoms with Gasteiger partial charge in [0.25, 0.3) is 0 Å². The van der Waals surface area contributed by atoms with Crippen LogP contribution in [0.25, 0.3) is 0 Å². The zero-order valence-corrected chi connectivity index (χ0v) is 11.5. The quantitative estimate of drug-likeness (QED) is 0.373. The summed E-state index contributed by atoms with van der Waals surface area (Å²) in [6.07, 6.45) is -0.258. The first kappa shape index (κ1) is 18.0. The molecule has 0 heterocycles. The molecular weight excluding hydrogens is 268 g/mol. The Labute approximate surface area is 116 Å². The average molecular weight is 288 g/mol. The normalized spacial score (nSPS) is 14.8. The second-order valence-corrected chi connectivity index (χ2v) is 4.29. The number of ether oxygens (including phenoxy) is 1. The van der Waals surface area contributed by atoms with Gasteiger partial charge in [0.2, 0.25) is 5.91 Å². The second kappa shape index (κ2) is 9.03. The van der Waals surface area contributed by atoms with Gasteiger partial charge in [-0.15, -0.1) is 0 Å². The molecule has 0 rings (SSSR count). The van der Waals surface area contributed by atoms with Gasteiger partial charge in [0, 0.05) is 6.42 Å². The van der Waals surface area contributed by atoms with Crippen molar-refractivity contribution in [3.63, 3.8) is 0 Å². The fraction of sp³-hybridized carbons (Fsp3) is 0.667. The summed E-state index contributed by atoms with van der Waals surface area (Å²) >= 11 is 0. The van der Waals surface area contributed by atoms with Crippen LogP contribution in [-0.2, 0) is 23.9 Å². The molecule has 0 saturated heterocycles. The standard InChI is InChI=1S/C12H20N2O6/c1-3-9(12(19)20-7(2)6-15)14-10(16)5-4-8(13)11(17)18/h6-9H,3-5,13H2,1-2H3,(H,14,16)(H,17,18)/t7-,8-,9?/m0/s1. The molecule has 0 aromatic heterocycles. The number of amides is 1. The molecule has 4 N–H and O–H groups in total. The molecule has 0 saturated carbocycles. The van der Waals surface area contributed by atoms with E-state index in [4.69, 9.17) is 15.6 Å². The highest BCUT2D eigenvalue weighted by Gasteiger charge is 2.22. The van der Waals surface area contributed by atoms with E-state index in [2.05, 4.69) is 5.32 Å². The van der Waals surface area contributed by atoms with Crippen molar-refractivity contribution in [1.82, 2.24) is 5.32 Å². The van der Waals surface area contributed by atoms with Gasteiger partial charge in [0.15, 0.2) is 12.4 Å². The number of carbonyl (C=O) groups is 4. The van der Waals surface area contributed by atoms with E-state index in [1.54, 1.807) is 6.92 Å². The van der Waals surface area contributed by atoms with Crippen LogP contribution in [0.3, 0.4) is 0 Å². The van der Waals surface area contributed by atoms with Crippen LogP contribution in [0.1, 0.15) is 33.1 Å². The van der Waals surface area contributed by atoms with E-state index in [9.17, 15) is 19.2 Å². The fourth-order valence-electron chi connectivity index (χ4n) is 1.30. The number of carboxylic acids is 1. The minimum atomic E-state index is -1.19. The van der Waals surface area contributed by atoms with Crippen LogP contribution in [0.5, 0.6) is 0 Å². The van der Waals surface area contributed by atoms with E-state index in [1.807, 2.05) is 0 Å². The minimum absolute atomic E-state index is 0.0304. The number of nitrogens with two attached hydrogens (primary N) is 1. The van der Waals surface area contributed by atoms with Crippen molar-refractivity contribution in [3.05, 3.63) is 0 Å². The lowest BCUT2D eigenvalue weighted by molar-refractivity contribution is -0.154. The number of esters is 1. The van der Waals surface area contributed by atoms with E-state index < -0.39 is 36.0 Å². The van der Waals surface area contributed by atoms with Gasteiger partial charge in [-0.2, -0.15) is 0 Å². The Morgan fingerprint density at radius 1 is 1.40 bits per heavy atom. The van der Waals surface area contributed by atoms with Crippen molar-refractivity contribution in [2.24, 2.45) is 5.73 Å². The Hall–Kier alpha value is -1.96. The van der Waals surface area contributed by atoms with E-state index in [0.717, 1.165) is 0 Å². The zero-order valence-electron chi connectivity index (χ0n) is 11.5. The predicted octanol–water partition coefficient (Wildman–Crippen LogP) is -0.796. The number of carbonyl (C=O) groups excluding carboxylic acids is 3. The maximum absolute atomic E-state index is 11.6. The highest BCUT2D eigenvalue weighted by molar-refractivity contribution is 5.85. The van der Waals surface area contributed by atoms with Gasteiger partial charge >= 0.3 is 11.9 Å². The van der Waals surface area contributed by atoms with Crippen molar-refractivity contribution < 1.29 is 29.0 Å². The molecule has 0 aromatic carbocycles. The van der Waals surface area contributed by atoms with Gasteiger partial charge in [-0.1, -0.05) is 6.92 Å². The van der Waals surface area contributed by atoms with E-state index >= 15 is 0 Å². The summed E-state index contributed by atoms with van der Waals surface area (Å²) in [6, 6.07) is -1.99. The first-order valence-corrected chi connectivity index (χ1v) is 6.25. The molecule has 0 aromatic rings. The monoisotopic (exact) mass is 288 g/mol. The molecule has 0 aliphatic heterocycles. The summed E-state index contributed by atoms with van der Waals surface area (Å²) in [5, 5.41) is 11.0. The predicted molar refractivity (Wildman–Crippen MR) is 68.7 cm³/mol. The smallest absolute Gasteiger partial charge is 0.329 e. The number of nitrogens with one attached hydrogen (secondary N) is 1. The molecule has 0 aliphatic carbocycles. The third kappa shape index (κ3) is 6.83. The van der Waals surface area contributed by atoms with Crippen LogP contribution in [0.2, 0.25) is 0 Å². The average Bonchev–Trinajstić information content (AvgIpc) is 2.41. The van der Waals surface area contributed by atoms with Gasteiger partial charge < -0.3 is 20.9 Å². The summed E-state index contributed by atoms with van der Waals surface area (Å²) in [6.45, 7) is 3.08. The number of rotatable bonds is 9. The van der Waals surface area contributed by atoms with Gasteiger partial charge in [-0.05, 0) is 19.8 Å². The van der Waals surface area contributed by atoms with Crippen molar-refractivity contribution in [2.45, 2.75) is 51.3 Å². The molecule has 20 heavy (non-hydrogen) atoms. The van der Waals surface area contributed by atoms with Gasteiger partial charge in [-0.25, -0.2) is 4.79 Å². The molecule has 0 fully saturated rings. The summed E-state index contributed by atoms with van der Waals surface area (Å²) < 4.78 is 4.78. The largest absolute Gasteiger partial charge is 0.480 e. The Kier molecular flexibility index (Phi) is 8.14. The first-order chi connectivity index (χ1) is 9.31. The maximum Gasteiger partial charge on any atom is 0.329 e. The molecule has 8 nitrogen and oxygen atoms in total. The van der Waals surface area contributed by atoms with Gasteiger partial charge in [-0.3, -0.25) is 14.4 Å². The third-order valence-electron chi connectivity index (χ3n) is 2.52. The topological polar surface area (TPSA) is 136 Å². The van der Waals surface area contributed by atoms with Crippen molar-refractivity contribution in [1.29, 1.82) is 0 Å². The SMILES string of the molecule is CCC(NC(=O)CC[C@H](N)C(=O)O)C(=O)O[C@@H](C)C=O. The van der Waals surface area contributed by atoms with Crippen LogP contribution in [-0.4, -0.2) is 47.4 Å². The van der Waals surface area contributed by atoms with E-state index in [1.165, 1.54) is 6.92 Å². The van der Waals surface area contributed by atoms with Crippen molar-refractivity contribution in [2.75, 3.05) is 0 Å². The molecule has 0 bridgehead atoms. The molecule has 0 spiro atoms. The van der Waals surface area contributed by atoms with Crippen LogP contribution >= 0.6 is 0 Å². The highest BCUT2D eigenvalue weighted by Crippen LogP contribution is 2.01. The van der Waals surface area contributed by atoms with Crippen molar-refractivity contribution in [3.8, 4) is 0 Å². The lowest BCUT2D eigenvalue weighted by Gasteiger charge is -2.17. The number of aldehydes is 1. The van der Waals surface area contributed by atoms with Crippen LogP contribution in [0.15, 0.2) is 0 Å². The number of hydrogen-bond acceptors (Lipinski definition) is 6. The maximum atomic E-state index is 11.6. The van der Waals surface area contributed by atoms with Crippen LogP contribution < -0.4 is 11.1 Å². The highest BCUT2D eigenvalue weighted by atomic mass is 16.5. The zero-order chi connectivity index (χ0) is 15.7. The molecule has 114 valence electrons. The summed E-state index contributed by atoms with van der Waals surface area (Å²) in [7, 11) is 0. The molecule has 1 unspecified atom stereocenters. The Morgan fingerprint density at radius 3 is 2.45 bits per heavy atom. The molecule has 0 radical (unpaired) electrons. The van der Waals surface area contributed by atoms with Crippen LogP contribution in [0.4, 0.5) is 0 Å². The molecular formula is C12H20N2O6. The minimum Gasteiger partial charge on any atom is -0.480 e. The Bertz CT molecular complexity index is 371. The molecule has 8 heteroatoms. The van der Waals surface area contributed by atoms with Gasteiger partial charge in [0.1, 0.15) is 12.1 Å². The Morgan fingerprint density at radius 2 is 2.00 bits per heavy atom. The number of carboxylic acid groups (broad SMARTS) is 1. The second-order valence-electron chi connectivity index (χ2n) is 4.29. The summed E-state index contributed by atoms with van der Waals surface area (Å²) in [5.41, 5.74) is 5.26. The summed E-state index contributed by atoms with van der Waals surface area (Å²) in [4.78, 5) is 44.0.